The Bertz CT molecular complexity index is 333. The summed E-state index contributed by atoms with van der Waals surface area (Å²) in [6, 6.07) is 8.90. The molecule has 2 N–H and O–H groups in total. The minimum atomic E-state index is 0.133. The molecule has 2 heteroatoms. The molecule has 0 heterocycles. The maximum atomic E-state index is 8.98. The maximum Gasteiger partial charge on any atom is 0.0681 e. The molecular weight excluding hydrogens is 210 g/mol. The van der Waals surface area contributed by atoms with Gasteiger partial charge in [-0.05, 0) is 29.9 Å². The van der Waals surface area contributed by atoms with E-state index in [0.29, 0.717) is 6.04 Å². The van der Waals surface area contributed by atoms with Gasteiger partial charge in [0.25, 0.3) is 0 Å². The van der Waals surface area contributed by atoms with Crippen LogP contribution in [0.3, 0.4) is 0 Å². The number of aliphatic hydroxyl groups is 1. The summed E-state index contributed by atoms with van der Waals surface area (Å²) in [6.45, 7) is 3.43. The van der Waals surface area contributed by atoms with Crippen molar-refractivity contribution in [2.24, 2.45) is 5.92 Å². The van der Waals surface area contributed by atoms with Crippen molar-refractivity contribution < 1.29 is 5.11 Å². The molecule has 1 saturated carbocycles. The van der Waals surface area contributed by atoms with Gasteiger partial charge in [0, 0.05) is 12.6 Å². The van der Waals surface area contributed by atoms with E-state index in [9.17, 15) is 0 Å². The number of rotatable bonds is 4. The Hall–Kier alpha value is -0.860. The van der Waals surface area contributed by atoms with Crippen molar-refractivity contribution in [2.75, 3.05) is 0 Å². The number of hydrogen-bond donors (Lipinski definition) is 2. The van der Waals surface area contributed by atoms with Crippen LogP contribution in [0, 0.1) is 5.92 Å². The van der Waals surface area contributed by atoms with Crippen molar-refractivity contribution in [3.8, 4) is 0 Å². The molecule has 1 aliphatic carbocycles. The van der Waals surface area contributed by atoms with E-state index in [0.717, 1.165) is 18.0 Å². The topological polar surface area (TPSA) is 32.3 Å². The summed E-state index contributed by atoms with van der Waals surface area (Å²) in [4.78, 5) is 0. The van der Waals surface area contributed by atoms with Crippen LogP contribution in [0.2, 0.25) is 0 Å². The third kappa shape index (κ3) is 3.83. The van der Waals surface area contributed by atoms with Crippen LogP contribution >= 0.6 is 0 Å². The van der Waals surface area contributed by atoms with E-state index < -0.39 is 0 Å². The van der Waals surface area contributed by atoms with Gasteiger partial charge in [0.05, 0.1) is 6.61 Å². The van der Waals surface area contributed by atoms with E-state index in [1.165, 1.54) is 31.2 Å². The molecule has 0 aromatic heterocycles. The Morgan fingerprint density at radius 2 is 1.88 bits per heavy atom. The molecule has 2 rings (SSSR count). The summed E-state index contributed by atoms with van der Waals surface area (Å²) >= 11 is 0. The van der Waals surface area contributed by atoms with Crippen molar-refractivity contribution in [2.45, 2.75) is 51.8 Å². The molecule has 2 atom stereocenters. The van der Waals surface area contributed by atoms with E-state index >= 15 is 0 Å². The standard InChI is InChI=1S/C15H23NO/c1-12-3-2-4-15(9-12)16-10-13-5-7-14(11-17)8-6-13/h5-8,12,15-17H,2-4,9-11H2,1H3. The van der Waals surface area contributed by atoms with Gasteiger partial charge < -0.3 is 10.4 Å². The Kier molecular flexibility index (Phi) is 4.57. The quantitative estimate of drug-likeness (QED) is 0.838. The molecule has 0 bridgehead atoms. The average molecular weight is 233 g/mol. The Labute approximate surface area is 104 Å². The molecule has 2 unspecified atom stereocenters. The molecule has 1 aliphatic rings. The lowest BCUT2D eigenvalue weighted by molar-refractivity contribution is 0.281. The summed E-state index contributed by atoms with van der Waals surface area (Å²) in [6.07, 6.45) is 5.39. The van der Waals surface area contributed by atoms with Crippen molar-refractivity contribution in [1.29, 1.82) is 0 Å². The monoisotopic (exact) mass is 233 g/mol. The Morgan fingerprint density at radius 1 is 1.18 bits per heavy atom. The highest BCUT2D eigenvalue weighted by molar-refractivity contribution is 5.21. The minimum Gasteiger partial charge on any atom is -0.392 e. The van der Waals surface area contributed by atoms with Crippen LogP contribution in [0.4, 0.5) is 0 Å². The number of hydrogen-bond acceptors (Lipinski definition) is 2. The second-order valence-corrected chi connectivity index (χ2v) is 5.32. The highest BCUT2D eigenvalue weighted by atomic mass is 16.3. The highest BCUT2D eigenvalue weighted by Gasteiger charge is 2.17. The zero-order chi connectivity index (χ0) is 12.1. The molecule has 0 spiro atoms. The Morgan fingerprint density at radius 3 is 2.53 bits per heavy atom. The predicted molar refractivity (Wildman–Crippen MR) is 70.6 cm³/mol. The van der Waals surface area contributed by atoms with Crippen LogP contribution in [0.15, 0.2) is 24.3 Å². The molecule has 0 saturated heterocycles. The largest absolute Gasteiger partial charge is 0.392 e. The van der Waals surface area contributed by atoms with Gasteiger partial charge in [-0.15, -0.1) is 0 Å². The zero-order valence-corrected chi connectivity index (χ0v) is 10.7. The SMILES string of the molecule is CC1CCCC(NCc2ccc(CO)cc2)C1. The van der Waals surface area contributed by atoms with Gasteiger partial charge in [0.15, 0.2) is 0 Å². The minimum absolute atomic E-state index is 0.133. The number of benzene rings is 1. The summed E-state index contributed by atoms with van der Waals surface area (Å²) in [5, 5.41) is 12.6. The molecule has 17 heavy (non-hydrogen) atoms. The van der Waals surface area contributed by atoms with Gasteiger partial charge in [-0.25, -0.2) is 0 Å². The van der Waals surface area contributed by atoms with E-state index in [4.69, 9.17) is 5.11 Å². The van der Waals surface area contributed by atoms with E-state index in [2.05, 4.69) is 24.4 Å². The lowest BCUT2D eigenvalue weighted by atomic mass is 9.87. The first-order valence-corrected chi connectivity index (χ1v) is 6.70. The van der Waals surface area contributed by atoms with Gasteiger partial charge in [0.1, 0.15) is 0 Å². The van der Waals surface area contributed by atoms with Gasteiger partial charge in [-0.1, -0.05) is 44.0 Å². The van der Waals surface area contributed by atoms with Gasteiger partial charge in [-0.3, -0.25) is 0 Å². The van der Waals surface area contributed by atoms with Gasteiger partial charge in [0.2, 0.25) is 0 Å². The molecule has 0 aliphatic heterocycles. The van der Waals surface area contributed by atoms with Crippen LogP contribution in [0.1, 0.15) is 43.7 Å². The van der Waals surface area contributed by atoms with Crippen molar-refractivity contribution in [1.82, 2.24) is 5.32 Å². The molecule has 1 aromatic carbocycles. The number of nitrogens with one attached hydrogen (secondary N) is 1. The van der Waals surface area contributed by atoms with Crippen LogP contribution in [-0.4, -0.2) is 11.1 Å². The number of aliphatic hydroxyl groups excluding tert-OH is 1. The van der Waals surface area contributed by atoms with E-state index in [-0.39, 0.29) is 6.61 Å². The van der Waals surface area contributed by atoms with Gasteiger partial charge >= 0.3 is 0 Å². The summed E-state index contributed by atoms with van der Waals surface area (Å²) in [7, 11) is 0. The highest BCUT2D eigenvalue weighted by Crippen LogP contribution is 2.23. The molecule has 1 fully saturated rings. The fraction of sp³-hybridized carbons (Fsp3) is 0.600. The molecule has 0 radical (unpaired) electrons. The fourth-order valence-electron chi connectivity index (χ4n) is 2.64. The predicted octanol–water partition coefficient (Wildman–Crippen LogP) is 2.85. The molecular formula is C15H23NO. The summed E-state index contributed by atoms with van der Waals surface area (Å²) in [5.41, 5.74) is 2.29. The summed E-state index contributed by atoms with van der Waals surface area (Å²) < 4.78 is 0. The second-order valence-electron chi connectivity index (χ2n) is 5.32. The first kappa shape index (κ1) is 12.6. The van der Waals surface area contributed by atoms with Crippen molar-refractivity contribution >= 4 is 0 Å². The summed E-state index contributed by atoms with van der Waals surface area (Å²) in [5.74, 6) is 0.873. The molecule has 0 amide bonds. The third-order valence-electron chi connectivity index (χ3n) is 3.74. The molecule has 1 aromatic rings. The van der Waals surface area contributed by atoms with Crippen LogP contribution in [0.25, 0.3) is 0 Å². The normalized spacial score (nSPS) is 24.8. The average Bonchev–Trinajstić information content (AvgIpc) is 2.37. The first-order chi connectivity index (χ1) is 8.28. The maximum absolute atomic E-state index is 8.98. The first-order valence-electron chi connectivity index (χ1n) is 6.70. The van der Waals surface area contributed by atoms with Gasteiger partial charge in [-0.2, -0.15) is 0 Å². The lowest BCUT2D eigenvalue weighted by Crippen LogP contribution is -2.33. The van der Waals surface area contributed by atoms with E-state index in [1.807, 2.05) is 12.1 Å². The van der Waals surface area contributed by atoms with Crippen LogP contribution < -0.4 is 5.32 Å². The molecule has 94 valence electrons. The zero-order valence-electron chi connectivity index (χ0n) is 10.7. The van der Waals surface area contributed by atoms with Crippen molar-refractivity contribution in [3.63, 3.8) is 0 Å². The fourth-order valence-corrected chi connectivity index (χ4v) is 2.64. The van der Waals surface area contributed by atoms with E-state index in [1.54, 1.807) is 0 Å². The van der Waals surface area contributed by atoms with Crippen LogP contribution in [0.5, 0.6) is 0 Å². The third-order valence-corrected chi connectivity index (χ3v) is 3.74. The lowest BCUT2D eigenvalue weighted by Gasteiger charge is -2.27. The Balaban J connectivity index is 1.80. The smallest absolute Gasteiger partial charge is 0.0681 e. The van der Waals surface area contributed by atoms with Crippen molar-refractivity contribution in [3.05, 3.63) is 35.4 Å². The molecule has 2 nitrogen and oxygen atoms in total. The second kappa shape index (κ2) is 6.18. The van der Waals surface area contributed by atoms with Crippen LogP contribution in [-0.2, 0) is 13.2 Å².